The van der Waals surface area contributed by atoms with E-state index in [1.54, 1.807) is 6.07 Å². The summed E-state index contributed by atoms with van der Waals surface area (Å²) in [4.78, 5) is 24.5. The molecule has 0 aliphatic carbocycles. The zero-order valence-electron chi connectivity index (χ0n) is 14.2. The minimum atomic E-state index is -3.70. The molecule has 0 spiro atoms. The van der Waals surface area contributed by atoms with E-state index in [4.69, 9.17) is 11.6 Å². The minimum Gasteiger partial charge on any atom is -0.322 e. The van der Waals surface area contributed by atoms with E-state index in [-0.39, 0.29) is 28.4 Å². The first-order chi connectivity index (χ1) is 12.2. The monoisotopic (exact) mass is 392 g/mol. The lowest BCUT2D eigenvalue weighted by molar-refractivity contribution is -0.116. The van der Waals surface area contributed by atoms with Crippen molar-refractivity contribution in [3.8, 4) is 0 Å². The summed E-state index contributed by atoms with van der Waals surface area (Å²) < 4.78 is 24.9. The van der Waals surface area contributed by atoms with Crippen molar-refractivity contribution in [2.24, 2.45) is 0 Å². The first kappa shape index (κ1) is 18.4. The molecule has 1 saturated heterocycles. The van der Waals surface area contributed by atoms with Crippen LogP contribution in [0.1, 0.15) is 27.9 Å². The molecule has 1 heterocycles. The Labute approximate surface area is 156 Å². The normalized spacial score (nSPS) is 16.0. The number of hydrogen-bond donors (Lipinski definition) is 1. The number of amides is 2. The zero-order valence-corrected chi connectivity index (χ0v) is 15.8. The highest BCUT2D eigenvalue weighted by Crippen LogP contribution is 2.29. The second-order valence-corrected chi connectivity index (χ2v) is 8.49. The standard InChI is InChI=1S/C18H17ClN2O4S/c1-11-3-4-13(9-12(11)2)20-18(23)15-10-14(5-6-16(15)19)21-17(22)7-8-26(21,24)25/h3-6,9-10H,7-8H2,1-2H3,(H,20,23). The number of halogens is 1. The molecule has 1 aliphatic heterocycles. The van der Waals surface area contributed by atoms with Crippen LogP contribution in [0.5, 0.6) is 0 Å². The van der Waals surface area contributed by atoms with Crippen molar-refractivity contribution in [2.75, 3.05) is 15.4 Å². The average Bonchev–Trinajstić information content (AvgIpc) is 2.85. The molecule has 0 unspecified atom stereocenters. The van der Waals surface area contributed by atoms with E-state index >= 15 is 0 Å². The summed E-state index contributed by atoms with van der Waals surface area (Å²) in [6, 6.07) is 9.63. The molecule has 1 fully saturated rings. The Morgan fingerprint density at radius 1 is 1.12 bits per heavy atom. The number of carbonyl (C=O) groups excluding carboxylic acids is 2. The van der Waals surface area contributed by atoms with Crippen LogP contribution in [-0.4, -0.2) is 26.0 Å². The molecule has 0 atom stereocenters. The number of nitrogens with zero attached hydrogens (tertiary/aromatic N) is 1. The van der Waals surface area contributed by atoms with Gasteiger partial charge < -0.3 is 5.32 Å². The number of anilines is 2. The predicted molar refractivity (Wildman–Crippen MR) is 101 cm³/mol. The van der Waals surface area contributed by atoms with E-state index in [2.05, 4.69) is 5.32 Å². The summed E-state index contributed by atoms with van der Waals surface area (Å²) in [7, 11) is -3.70. The summed E-state index contributed by atoms with van der Waals surface area (Å²) in [5.74, 6) is -1.24. The van der Waals surface area contributed by atoms with Gasteiger partial charge in [-0.05, 0) is 55.3 Å². The van der Waals surface area contributed by atoms with Crippen LogP contribution in [0.3, 0.4) is 0 Å². The maximum atomic E-state index is 12.6. The zero-order chi connectivity index (χ0) is 19.1. The molecule has 26 heavy (non-hydrogen) atoms. The first-order valence-corrected chi connectivity index (χ1v) is 9.92. The highest BCUT2D eigenvalue weighted by molar-refractivity contribution is 7.94. The molecular formula is C18H17ClN2O4S. The lowest BCUT2D eigenvalue weighted by Crippen LogP contribution is -2.29. The highest BCUT2D eigenvalue weighted by atomic mass is 35.5. The maximum Gasteiger partial charge on any atom is 0.257 e. The molecule has 1 aliphatic rings. The number of carbonyl (C=O) groups is 2. The van der Waals surface area contributed by atoms with Gasteiger partial charge in [-0.1, -0.05) is 17.7 Å². The van der Waals surface area contributed by atoms with Gasteiger partial charge in [-0.15, -0.1) is 0 Å². The number of rotatable bonds is 3. The van der Waals surface area contributed by atoms with E-state index in [0.717, 1.165) is 15.4 Å². The molecule has 136 valence electrons. The van der Waals surface area contributed by atoms with Gasteiger partial charge in [0, 0.05) is 12.1 Å². The van der Waals surface area contributed by atoms with Crippen LogP contribution < -0.4 is 9.62 Å². The van der Waals surface area contributed by atoms with Crippen molar-refractivity contribution >= 4 is 44.8 Å². The molecule has 2 aromatic carbocycles. The molecule has 0 saturated carbocycles. The van der Waals surface area contributed by atoms with Gasteiger partial charge in [-0.25, -0.2) is 12.7 Å². The van der Waals surface area contributed by atoms with Crippen LogP contribution >= 0.6 is 11.6 Å². The van der Waals surface area contributed by atoms with Crippen molar-refractivity contribution in [1.82, 2.24) is 0 Å². The van der Waals surface area contributed by atoms with E-state index in [1.807, 2.05) is 26.0 Å². The van der Waals surface area contributed by atoms with Crippen LogP contribution in [0.4, 0.5) is 11.4 Å². The van der Waals surface area contributed by atoms with Crippen molar-refractivity contribution in [1.29, 1.82) is 0 Å². The average molecular weight is 393 g/mol. The summed E-state index contributed by atoms with van der Waals surface area (Å²) in [5, 5.41) is 2.91. The van der Waals surface area contributed by atoms with Gasteiger partial charge >= 0.3 is 0 Å². The quantitative estimate of drug-likeness (QED) is 0.868. The van der Waals surface area contributed by atoms with Crippen LogP contribution in [0, 0.1) is 13.8 Å². The summed E-state index contributed by atoms with van der Waals surface area (Å²) in [5.41, 5.74) is 2.93. The Morgan fingerprint density at radius 2 is 1.85 bits per heavy atom. The molecule has 0 bridgehead atoms. The third kappa shape index (κ3) is 3.45. The Balaban J connectivity index is 1.93. The minimum absolute atomic E-state index is 0.0743. The summed E-state index contributed by atoms with van der Waals surface area (Å²) in [6.07, 6.45) is -0.0743. The SMILES string of the molecule is Cc1ccc(NC(=O)c2cc(N3C(=O)CCS3(=O)=O)ccc2Cl)cc1C. The Hall–Kier alpha value is -2.38. The Bertz CT molecular complexity index is 1020. The number of benzene rings is 2. The largest absolute Gasteiger partial charge is 0.322 e. The van der Waals surface area contributed by atoms with Crippen molar-refractivity contribution in [3.05, 3.63) is 58.1 Å². The molecule has 6 nitrogen and oxygen atoms in total. The molecule has 0 radical (unpaired) electrons. The predicted octanol–water partition coefficient (Wildman–Crippen LogP) is 3.28. The molecule has 2 aromatic rings. The van der Waals surface area contributed by atoms with Gasteiger partial charge in [0.25, 0.3) is 5.91 Å². The fourth-order valence-corrected chi connectivity index (χ4v) is 4.35. The second-order valence-electron chi connectivity index (χ2n) is 6.14. The number of aryl methyl sites for hydroxylation is 2. The van der Waals surface area contributed by atoms with Crippen molar-refractivity contribution in [2.45, 2.75) is 20.3 Å². The third-order valence-corrected chi connectivity index (χ3v) is 6.29. The topological polar surface area (TPSA) is 83.6 Å². The lowest BCUT2D eigenvalue weighted by Gasteiger charge is -2.16. The van der Waals surface area contributed by atoms with Crippen molar-refractivity contribution in [3.63, 3.8) is 0 Å². The van der Waals surface area contributed by atoms with Crippen molar-refractivity contribution < 1.29 is 18.0 Å². The smallest absolute Gasteiger partial charge is 0.257 e. The highest BCUT2D eigenvalue weighted by Gasteiger charge is 2.36. The van der Waals surface area contributed by atoms with E-state index in [9.17, 15) is 18.0 Å². The number of sulfonamides is 1. The third-order valence-electron chi connectivity index (χ3n) is 4.27. The second kappa shape index (κ2) is 6.74. The molecule has 2 amide bonds. The van der Waals surface area contributed by atoms with Crippen LogP contribution in [0.15, 0.2) is 36.4 Å². The maximum absolute atomic E-state index is 12.6. The van der Waals surface area contributed by atoms with Gasteiger partial charge in [0.2, 0.25) is 15.9 Å². The number of hydrogen-bond acceptors (Lipinski definition) is 4. The van der Waals surface area contributed by atoms with Gasteiger partial charge in [0.15, 0.2) is 0 Å². The fourth-order valence-electron chi connectivity index (χ4n) is 2.70. The molecule has 3 rings (SSSR count). The van der Waals surface area contributed by atoms with E-state index in [1.165, 1.54) is 18.2 Å². The van der Waals surface area contributed by atoms with Crippen LogP contribution in [0.25, 0.3) is 0 Å². The molecule has 8 heteroatoms. The number of nitrogens with one attached hydrogen (secondary N) is 1. The van der Waals surface area contributed by atoms with E-state index in [0.29, 0.717) is 5.69 Å². The lowest BCUT2D eigenvalue weighted by atomic mass is 10.1. The van der Waals surface area contributed by atoms with E-state index < -0.39 is 21.8 Å². The molecular weight excluding hydrogens is 376 g/mol. The molecule has 1 N–H and O–H groups in total. The first-order valence-electron chi connectivity index (χ1n) is 7.93. The van der Waals surface area contributed by atoms with Gasteiger partial charge in [-0.2, -0.15) is 0 Å². The summed E-state index contributed by atoms with van der Waals surface area (Å²) in [6.45, 7) is 3.90. The summed E-state index contributed by atoms with van der Waals surface area (Å²) >= 11 is 6.11. The molecule has 0 aromatic heterocycles. The Morgan fingerprint density at radius 3 is 2.46 bits per heavy atom. The van der Waals surface area contributed by atoms with Gasteiger partial charge in [0.1, 0.15) is 0 Å². The fraction of sp³-hybridized carbons (Fsp3) is 0.222. The van der Waals surface area contributed by atoms with Gasteiger partial charge in [0.05, 0.1) is 22.0 Å². The van der Waals surface area contributed by atoms with Crippen LogP contribution in [0.2, 0.25) is 5.02 Å². The van der Waals surface area contributed by atoms with Gasteiger partial charge in [-0.3, -0.25) is 9.59 Å². The Kier molecular flexibility index (Phi) is 4.77. The van der Waals surface area contributed by atoms with Crippen LogP contribution in [-0.2, 0) is 14.8 Å².